The summed E-state index contributed by atoms with van der Waals surface area (Å²) in [6, 6.07) is 47.8. The van der Waals surface area contributed by atoms with Crippen LogP contribution in [-0.2, 0) is 31.2 Å². The summed E-state index contributed by atoms with van der Waals surface area (Å²) < 4.78 is 12.1. The highest BCUT2D eigenvalue weighted by Gasteiger charge is 2.66. The van der Waals surface area contributed by atoms with Gasteiger partial charge in [0.15, 0.2) is 17.1 Å². The summed E-state index contributed by atoms with van der Waals surface area (Å²) in [5.41, 5.74) is 4.74. The normalized spacial score (nSPS) is 24.1. The van der Waals surface area contributed by atoms with Crippen molar-refractivity contribution in [1.82, 2.24) is 4.98 Å². The molecule has 1 saturated carbocycles. The van der Waals surface area contributed by atoms with Crippen LogP contribution in [0.3, 0.4) is 0 Å². The van der Waals surface area contributed by atoms with Crippen molar-refractivity contribution in [2.24, 2.45) is 23.7 Å². The van der Waals surface area contributed by atoms with E-state index in [1.165, 1.54) is 11.0 Å². The van der Waals surface area contributed by atoms with Crippen LogP contribution in [0.5, 0.6) is 11.5 Å². The molecule has 1 aromatic heterocycles. The Labute approximate surface area is 363 Å². The number of para-hydroxylation sites is 2. The van der Waals surface area contributed by atoms with Crippen molar-refractivity contribution in [2.75, 3.05) is 4.90 Å². The first-order valence-corrected chi connectivity index (χ1v) is 21.3. The Morgan fingerprint density at radius 1 is 0.730 bits per heavy atom. The van der Waals surface area contributed by atoms with Crippen LogP contribution in [0.4, 0.5) is 5.69 Å². The fourth-order valence-corrected chi connectivity index (χ4v) is 10.8. The van der Waals surface area contributed by atoms with Gasteiger partial charge in [-0.1, -0.05) is 121 Å². The van der Waals surface area contributed by atoms with Crippen molar-refractivity contribution in [3.63, 3.8) is 0 Å². The number of ketones is 2. The molecule has 2 amide bonds. The second kappa shape index (κ2) is 15.1. The van der Waals surface area contributed by atoms with Gasteiger partial charge >= 0.3 is 0 Å². The number of amides is 2. The Kier molecular flexibility index (Phi) is 9.15. The lowest BCUT2D eigenvalue weighted by atomic mass is 9.44. The van der Waals surface area contributed by atoms with Gasteiger partial charge in [0.05, 0.1) is 22.9 Å². The lowest BCUT2D eigenvalue weighted by Gasteiger charge is -2.55. The number of allylic oxidation sites excluding steroid dienone is 4. The zero-order valence-electron chi connectivity index (χ0n) is 34.0. The first kappa shape index (κ1) is 38.3. The number of oxazole rings is 1. The number of hydrogen-bond donors (Lipinski definition) is 1. The molecule has 0 radical (unpaired) electrons. The van der Waals surface area contributed by atoms with E-state index in [1.54, 1.807) is 42.5 Å². The molecular weight excluding hydrogens is 789 g/mol. The highest BCUT2D eigenvalue weighted by molar-refractivity contribution is 6.32. The van der Waals surface area contributed by atoms with E-state index in [4.69, 9.17) is 9.15 Å². The minimum absolute atomic E-state index is 0.101. The Morgan fingerprint density at radius 3 is 2.16 bits per heavy atom. The van der Waals surface area contributed by atoms with Crippen LogP contribution >= 0.6 is 0 Å². The molecule has 2 fully saturated rings. The highest BCUT2D eigenvalue weighted by atomic mass is 16.5. The van der Waals surface area contributed by atoms with E-state index in [1.807, 2.05) is 121 Å². The highest BCUT2D eigenvalue weighted by Crippen LogP contribution is 2.64. The second-order valence-electron chi connectivity index (χ2n) is 16.8. The van der Waals surface area contributed by atoms with Gasteiger partial charge in [-0.25, -0.2) is 4.98 Å². The largest absolute Gasteiger partial charge is 0.508 e. The number of anilines is 1. The number of rotatable bonds is 8. The van der Waals surface area contributed by atoms with Crippen molar-refractivity contribution < 1.29 is 33.4 Å². The zero-order valence-corrected chi connectivity index (χ0v) is 34.0. The molecule has 308 valence electrons. The van der Waals surface area contributed by atoms with Crippen molar-refractivity contribution in [3.05, 3.63) is 198 Å². The van der Waals surface area contributed by atoms with Gasteiger partial charge in [-0.3, -0.25) is 24.1 Å². The molecule has 1 N–H and O–H groups in total. The lowest BCUT2D eigenvalue weighted by Crippen LogP contribution is -2.58. The molecule has 7 aromatic rings. The van der Waals surface area contributed by atoms with E-state index >= 15 is 9.59 Å². The van der Waals surface area contributed by atoms with E-state index in [0.717, 1.165) is 16.7 Å². The minimum Gasteiger partial charge on any atom is -0.508 e. The third-order valence-corrected chi connectivity index (χ3v) is 13.6. The van der Waals surface area contributed by atoms with E-state index in [9.17, 15) is 14.7 Å². The van der Waals surface area contributed by atoms with Crippen LogP contribution in [0.1, 0.15) is 41.0 Å². The third kappa shape index (κ3) is 6.09. The molecule has 0 unspecified atom stereocenters. The zero-order chi connectivity index (χ0) is 42.8. The number of aromatic nitrogens is 1. The molecular formula is C54H40N2O7. The molecule has 11 rings (SSSR count). The summed E-state index contributed by atoms with van der Waals surface area (Å²) in [5.74, 6) is -4.31. The smallest absolute Gasteiger partial charge is 0.238 e. The van der Waals surface area contributed by atoms with Crippen LogP contribution < -0.4 is 9.64 Å². The van der Waals surface area contributed by atoms with Crippen LogP contribution in [-0.4, -0.2) is 33.5 Å². The van der Waals surface area contributed by atoms with Gasteiger partial charge in [0.2, 0.25) is 17.7 Å². The number of phenolic OH excluding ortho intramolecular Hbond substituents is 1. The summed E-state index contributed by atoms with van der Waals surface area (Å²) in [4.78, 5) is 66.1. The predicted molar refractivity (Wildman–Crippen MR) is 237 cm³/mol. The average molecular weight is 829 g/mol. The number of Topliss-reactive ketones (excluding diaryl/α,β-unsaturated/α-hetero) is 1. The van der Waals surface area contributed by atoms with E-state index < -0.39 is 35.0 Å². The summed E-state index contributed by atoms with van der Waals surface area (Å²) in [5, 5.41) is 12.1. The SMILES string of the molecule is O=C1C(c2ccccc2)=CC(=O)[C@@]2(c3ccccc3)[C@@H](c3ccc(OCc4ccccc4)cc3O)C3=CC[C@@H]4C(=O)N(c5ccc(-c6nc7ccccc7o6)cc5)C(=O)[C@@H]4[C@@H]3C[C@@H]12. The third-order valence-electron chi connectivity index (χ3n) is 13.6. The first-order valence-electron chi connectivity index (χ1n) is 21.3. The molecule has 0 bridgehead atoms. The number of benzene rings is 6. The van der Waals surface area contributed by atoms with Crippen LogP contribution in [0.25, 0.3) is 28.1 Å². The summed E-state index contributed by atoms with van der Waals surface area (Å²) in [6.07, 6.45) is 3.87. The summed E-state index contributed by atoms with van der Waals surface area (Å²) in [7, 11) is 0. The van der Waals surface area contributed by atoms with Crippen LogP contribution in [0, 0.1) is 23.7 Å². The van der Waals surface area contributed by atoms with Crippen LogP contribution in [0.2, 0.25) is 0 Å². The average Bonchev–Trinajstić information content (AvgIpc) is 3.87. The number of fused-ring (bicyclic) bond motifs is 5. The fraction of sp³-hybridized carbons (Fsp3) is 0.167. The quantitative estimate of drug-likeness (QED) is 0.119. The molecule has 3 aliphatic carbocycles. The number of carbonyl (C=O) groups excluding carboxylic acids is 4. The number of ether oxygens (including phenoxy) is 1. The molecule has 4 aliphatic rings. The number of imide groups is 1. The van der Waals surface area contributed by atoms with Gasteiger partial charge < -0.3 is 14.3 Å². The first-order chi connectivity index (χ1) is 30.8. The monoisotopic (exact) mass is 828 g/mol. The van der Waals surface area contributed by atoms with Crippen molar-refractivity contribution in [1.29, 1.82) is 0 Å². The van der Waals surface area contributed by atoms with Gasteiger partial charge in [-0.15, -0.1) is 0 Å². The van der Waals surface area contributed by atoms with E-state index in [2.05, 4.69) is 4.98 Å². The second-order valence-corrected chi connectivity index (χ2v) is 16.8. The molecule has 6 atom stereocenters. The maximum absolute atomic E-state index is 15.4. The van der Waals surface area contributed by atoms with Crippen molar-refractivity contribution in [2.45, 2.75) is 30.8 Å². The minimum atomic E-state index is -1.48. The molecule has 2 heterocycles. The molecule has 6 aromatic carbocycles. The number of nitrogens with zero attached hydrogens (tertiary/aromatic N) is 2. The van der Waals surface area contributed by atoms with Gasteiger partial charge in [0, 0.05) is 34.6 Å². The molecule has 0 spiro atoms. The summed E-state index contributed by atoms with van der Waals surface area (Å²) in [6.45, 7) is 0.279. The molecule has 63 heavy (non-hydrogen) atoms. The molecule has 1 saturated heterocycles. The number of hydrogen-bond acceptors (Lipinski definition) is 8. The standard InChI is InChI=1S/C54H40N2O7/c57-45-28-37(62-31-32-12-4-1-5-13-32)24-25-39(45)49-38-26-27-40-48(53(61)56(52(40)60)36-22-20-34(21-23-36)51-55-44-18-10-11-19-46(44)63-51)42(38)29-43-50(59)41(33-14-6-2-7-15-33)30-47(58)54(43,49)35-16-8-3-9-17-35/h1-26,28,30,40,42-43,48-49,57H,27,29,31H2/t40-,42+,43-,48-,49+,54-/m0/s1. The van der Waals surface area contributed by atoms with E-state index in [0.29, 0.717) is 50.7 Å². The van der Waals surface area contributed by atoms with Gasteiger partial charge in [0.1, 0.15) is 23.6 Å². The Balaban J connectivity index is 1.02. The van der Waals surface area contributed by atoms with Crippen molar-refractivity contribution in [3.8, 4) is 23.0 Å². The van der Waals surface area contributed by atoms with E-state index in [-0.39, 0.29) is 48.6 Å². The molecule has 9 nitrogen and oxygen atoms in total. The Hall–Kier alpha value is -7.65. The van der Waals surface area contributed by atoms with Gasteiger partial charge in [-0.05, 0) is 84.0 Å². The summed E-state index contributed by atoms with van der Waals surface area (Å²) >= 11 is 0. The number of carbonyl (C=O) groups is 4. The van der Waals surface area contributed by atoms with Gasteiger partial charge in [0.25, 0.3) is 0 Å². The maximum atomic E-state index is 15.4. The lowest BCUT2D eigenvalue weighted by molar-refractivity contribution is -0.135. The predicted octanol–water partition coefficient (Wildman–Crippen LogP) is 9.81. The van der Waals surface area contributed by atoms with Crippen molar-refractivity contribution >= 4 is 45.7 Å². The number of phenols is 1. The van der Waals surface area contributed by atoms with Gasteiger partial charge in [-0.2, -0.15) is 0 Å². The number of aromatic hydroxyl groups is 1. The topological polar surface area (TPSA) is 127 Å². The Bertz CT molecular complexity index is 3000. The molecule has 1 aliphatic heterocycles. The van der Waals surface area contributed by atoms with Crippen LogP contribution in [0.15, 0.2) is 180 Å². The maximum Gasteiger partial charge on any atom is 0.238 e. The fourth-order valence-electron chi connectivity index (χ4n) is 10.8. The molecule has 9 heteroatoms. The Morgan fingerprint density at radius 2 is 1.43 bits per heavy atom.